The first-order chi connectivity index (χ1) is 9.46. The highest BCUT2D eigenvalue weighted by Gasteiger charge is 2.25. The number of nitrogens with two attached hydrogens (primary N) is 1. The summed E-state index contributed by atoms with van der Waals surface area (Å²) in [4.78, 5) is 4.21. The van der Waals surface area contributed by atoms with E-state index < -0.39 is 12.6 Å². The van der Waals surface area contributed by atoms with Crippen LogP contribution in [0.4, 0.5) is 24.5 Å². The topological polar surface area (TPSA) is 50.9 Å². The SMILES string of the molecule is Nc1ccc2c(NCCCCC(F)(F)F)ccnc2c1. The van der Waals surface area contributed by atoms with Crippen LogP contribution in [0.3, 0.4) is 0 Å². The highest BCUT2D eigenvalue weighted by Crippen LogP contribution is 2.24. The largest absolute Gasteiger partial charge is 0.399 e. The van der Waals surface area contributed by atoms with E-state index in [1.807, 2.05) is 12.1 Å². The highest BCUT2D eigenvalue weighted by atomic mass is 19.4. The molecule has 0 saturated heterocycles. The number of anilines is 2. The minimum Gasteiger partial charge on any atom is -0.399 e. The third-order valence-corrected chi connectivity index (χ3v) is 2.97. The van der Waals surface area contributed by atoms with E-state index in [0.29, 0.717) is 18.7 Å². The van der Waals surface area contributed by atoms with E-state index in [4.69, 9.17) is 5.73 Å². The smallest absolute Gasteiger partial charge is 0.389 e. The molecule has 0 radical (unpaired) electrons. The molecule has 108 valence electrons. The zero-order valence-electron chi connectivity index (χ0n) is 10.9. The van der Waals surface area contributed by atoms with Gasteiger partial charge in [-0.25, -0.2) is 0 Å². The van der Waals surface area contributed by atoms with E-state index in [0.717, 1.165) is 16.6 Å². The van der Waals surface area contributed by atoms with Gasteiger partial charge in [-0.2, -0.15) is 13.2 Å². The molecule has 0 aliphatic heterocycles. The molecule has 1 aromatic heterocycles. The molecule has 0 spiro atoms. The highest BCUT2D eigenvalue weighted by molar-refractivity contribution is 5.92. The van der Waals surface area contributed by atoms with E-state index in [9.17, 15) is 13.2 Å². The van der Waals surface area contributed by atoms with Crippen LogP contribution < -0.4 is 11.1 Å². The molecular weight excluding hydrogens is 267 g/mol. The summed E-state index contributed by atoms with van der Waals surface area (Å²) in [6.07, 6.45) is -2.55. The lowest BCUT2D eigenvalue weighted by Gasteiger charge is -2.10. The van der Waals surface area contributed by atoms with Gasteiger partial charge in [-0.3, -0.25) is 4.98 Å². The monoisotopic (exact) mass is 283 g/mol. The molecule has 1 aromatic carbocycles. The number of rotatable bonds is 5. The number of unbranched alkanes of at least 4 members (excludes halogenated alkanes) is 1. The molecule has 2 rings (SSSR count). The Bertz CT molecular complexity index is 581. The predicted molar refractivity (Wildman–Crippen MR) is 74.6 cm³/mol. The predicted octanol–water partition coefficient (Wildman–Crippen LogP) is 3.96. The minimum atomic E-state index is -4.07. The number of nitrogen functional groups attached to an aromatic ring is 1. The van der Waals surface area contributed by atoms with E-state index in [1.165, 1.54) is 0 Å². The van der Waals surface area contributed by atoms with Crippen LogP contribution in [0.15, 0.2) is 30.5 Å². The van der Waals surface area contributed by atoms with Crippen molar-refractivity contribution in [3.63, 3.8) is 0 Å². The van der Waals surface area contributed by atoms with E-state index in [2.05, 4.69) is 10.3 Å². The first-order valence-corrected chi connectivity index (χ1v) is 6.40. The van der Waals surface area contributed by atoms with Gasteiger partial charge in [0, 0.05) is 35.9 Å². The Balaban J connectivity index is 1.93. The van der Waals surface area contributed by atoms with Crippen LogP contribution >= 0.6 is 0 Å². The number of nitrogens with zero attached hydrogens (tertiary/aromatic N) is 1. The second-order valence-electron chi connectivity index (χ2n) is 4.63. The second-order valence-corrected chi connectivity index (χ2v) is 4.63. The Morgan fingerprint density at radius 1 is 1.15 bits per heavy atom. The molecule has 0 amide bonds. The third kappa shape index (κ3) is 4.01. The summed E-state index contributed by atoms with van der Waals surface area (Å²) in [6, 6.07) is 7.21. The van der Waals surface area contributed by atoms with Crippen molar-refractivity contribution in [3.8, 4) is 0 Å². The summed E-state index contributed by atoms with van der Waals surface area (Å²) < 4.78 is 36.0. The van der Waals surface area contributed by atoms with Crippen LogP contribution in [-0.2, 0) is 0 Å². The number of alkyl halides is 3. The number of benzene rings is 1. The number of fused-ring (bicyclic) bond motifs is 1. The van der Waals surface area contributed by atoms with Crippen LogP contribution in [0.2, 0.25) is 0 Å². The Labute approximate surface area is 115 Å². The average Bonchev–Trinajstić information content (AvgIpc) is 2.36. The molecule has 0 aliphatic rings. The van der Waals surface area contributed by atoms with Crippen molar-refractivity contribution in [3.05, 3.63) is 30.5 Å². The van der Waals surface area contributed by atoms with Gasteiger partial charge in [0.2, 0.25) is 0 Å². The molecule has 0 atom stereocenters. The summed E-state index contributed by atoms with van der Waals surface area (Å²) in [7, 11) is 0. The lowest BCUT2D eigenvalue weighted by molar-refractivity contribution is -0.135. The summed E-state index contributed by atoms with van der Waals surface area (Å²) >= 11 is 0. The van der Waals surface area contributed by atoms with Crippen LogP contribution in [0.1, 0.15) is 19.3 Å². The van der Waals surface area contributed by atoms with Gasteiger partial charge in [-0.1, -0.05) is 0 Å². The zero-order valence-corrected chi connectivity index (χ0v) is 10.9. The second kappa shape index (κ2) is 5.98. The van der Waals surface area contributed by atoms with Gasteiger partial charge in [0.25, 0.3) is 0 Å². The van der Waals surface area contributed by atoms with Crippen LogP contribution in [0.5, 0.6) is 0 Å². The fraction of sp³-hybridized carbons (Fsp3) is 0.357. The average molecular weight is 283 g/mol. The molecular formula is C14H16F3N3. The van der Waals surface area contributed by atoms with Crippen LogP contribution in [0.25, 0.3) is 10.9 Å². The first-order valence-electron chi connectivity index (χ1n) is 6.40. The van der Waals surface area contributed by atoms with Gasteiger partial charge < -0.3 is 11.1 Å². The lowest BCUT2D eigenvalue weighted by Crippen LogP contribution is -2.08. The molecule has 0 aliphatic carbocycles. The number of nitrogens with one attached hydrogen (secondary N) is 1. The number of hydrogen-bond acceptors (Lipinski definition) is 3. The Morgan fingerprint density at radius 3 is 2.70 bits per heavy atom. The van der Waals surface area contributed by atoms with Gasteiger partial charge in [-0.05, 0) is 37.1 Å². The maximum atomic E-state index is 12.0. The zero-order chi connectivity index (χ0) is 14.6. The molecule has 0 fully saturated rings. The van der Waals surface area contributed by atoms with E-state index in [1.54, 1.807) is 18.3 Å². The van der Waals surface area contributed by atoms with Crippen molar-refractivity contribution in [2.45, 2.75) is 25.4 Å². The van der Waals surface area contributed by atoms with Gasteiger partial charge in [0.15, 0.2) is 0 Å². The van der Waals surface area contributed by atoms with Crippen molar-refractivity contribution in [1.82, 2.24) is 4.98 Å². The van der Waals surface area contributed by atoms with E-state index in [-0.39, 0.29) is 6.42 Å². The molecule has 0 saturated carbocycles. The third-order valence-electron chi connectivity index (χ3n) is 2.97. The molecule has 20 heavy (non-hydrogen) atoms. The number of hydrogen-bond donors (Lipinski definition) is 2. The lowest BCUT2D eigenvalue weighted by atomic mass is 10.1. The number of halogens is 3. The van der Waals surface area contributed by atoms with Crippen molar-refractivity contribution in [2.75, 3.05) is 17.6 Å². The minimum absolute atomic E-state index is 0.131. The van der Waals surface area contributed by atoms with Crippen LogP contribution in [0, 0.1) is 0 Å². The van der Waals surface area contributed by atoms with Gasteiger partial charge in [0.05, 0.1) is 5.52 Å². The van der Waals surface area contributed by atoms with Crippen molar-refractivity contribution < 1.29 is 13.2 Å². The standard InChI is InChI=1S/C14H16F3N3/c15-14(16,17)6-1-2-7-19-12-5-8-20-13-9-10(18)3-4-11(12)13/h3-5,8-9H,1-2,6-7,18H2,(H,19,20). The fourth-order valence-electron chi connectivity index (χ4n) is 1.99. The maximum absolute atomic E-state index is 12.0. The molecule has 3 nitrogen and oxygen atoms in total. The van der Waals surface area contributed by atoms with E-state index >= 15 is 0 Å². The summed E-state index contributed by atoms with van der Waals surface area (Å²) in [5.74, 6) is 0. The summed E-state index contributed by atoms with van der Waals surface area (Å²) in [5, 5.41) is 4.06. The summed E-state index contributed by atoms with van der Waals surface area (Å²) in [6.45, 7) is 0.500. The van der Waals surface area contributed by atoms with Gasteiger partial charge in [-0.15, -0.1) is 0 Å². The van der Waals surface area contributed by atoms with Crippen LogP contribution in [-0.4, -0.2) is 17.7 Å². The van der Waals surface area contributed by atoms with Crippen molar-refractivity contribution in [2.24, 2.45) is 0 Å². The maximum Gasteiger partial charge on any atom is 0.389 e. The summed E-state index contributed by atoms with van der Waals surface area (Å²) in [5.41, 5.74) is 7.95. The molecule has 1 heterocycles. The number of pyridine rings is 1. The Kier molecular flexibility index (Phi) is 4.32. The Morgan fingerprint density at radius 2 is 1.95 bits per heavy atom. The molecule has 0 bridgehead atoms. The molecule has 3 N–H and O–H groups in total. The Hall–Kier alpha value is -1.98. The quantitative estimate of drug-likeness (QED) is 0.645. The van der Waals surface area contributed by atoms with Crippen molar-refractivity contribution in [1.29, 1.82) is 0 Å². The number of aromatic nitrogens is 1. The van der Waals surface area contributed by atoms with Gasteiger partial charge in [0.1, 0.15) is 0 Å². The first kappa shape index (κ1) is 14.4. The fourth-order valence-corrected chi connectivity index (χ4v) is 1.99. The molecule has 0 unspecified atom stereocenters. The normalized spacial score (nSPS) is 11.8. The molecule has 2 aromatic rings. The van der Waals surface area contributed by atoms with Crippen molar-refractivity contribution >= 4 is 22.3 Å². The van der Waals surface area contributed by atoms with Gasteiger partial charge >= 0.3 is 6.18 Å². The molecule has 6 heteroatoms.